The maximum absolute atomic E-state index is 12.6. The number of thiophene rings is 1. The van der Waals surface area contributed by atoms with Crippen molar-refractivity contribution in [3.8, 4) is 11.5 Å². The molecule has 0 saturated heterocycles. The third-order valence-electron chi connectivity index (χ3n) is 4.04. The van der Waals surface area contributed by atoms with Crippen molar-refractivity contribution >= 4 is 39.2 Å². The molecule has 0 fully saturated rings. The SMILES string of the molecule is CCOc1cc(/C=N\NC(=O)c2ccccc2NS(=O)(=O)c2cccs2)ccc1OC. The third kappa shape index (κ3) is 5.62. The average molecular weight is 460 g/mol. The molecule has 0 spiro atoms. The Kier molecular flexibility index (Phi) is 7.27. The van der Waals surface area contributed by atoms with Crippen molar-refractivity contribution in [3.05, 3.63) is 71.1 Å². The van der Waals surface area contributed by atoms with Crippen LogP contribution in [0.5, 0.6) is 11.5 Å². The van der Waals surface area contributed by atoms with Gasteiger partial charge < -0.3 is 9.47 Å². The molecule has 2 N–H and O–H groups in total. The molecule has 1 aromatic heterocycles. The molecule has 0 aliphatic rings. The third-order valence-corrected chi connectivity index (χ3v) is 6.81. The first-order chi connectivity index (χ1) is 14.9. The number of anilines is 1. The number of sulfonamides is 1. The van der Waals surface area contributed by atoms with Crippen LogP contribution < -0.4 is 19.6 Å². The topological polar surface area (TPSA) is 106 Å². The van der Waals surface area contributed by atoms with Gasteiger partial charge in [-0.15, -0.1) is 11.3 Å². The zero-order valence-electron chi connectivity index (χ0n) is 16.9. The summed E-state index contributed by atoms with van der Waals surface area (Å²) in [6.45, 7) is 2.34. The van der Waals surface area contributed by atoms with Crippen molar-refractivity contribution in [2.24, 2.45) is 5.10 Å². The van der Waals surface area contributed by atoms with Gasteiger partial charge in [0.25, 0.3) is 15.9 Å². The van der Waals surface area contributed by atoms with Crippen LogP contribution in [-0.2, 0) is 10.0 Å². The van der Waals surface area contributed by atoms with E-state index in [9.17, 15) is 13.2 Å². The maximum Gasteiger partial charge on any atom is 0.273 e. The zero-order chi connectivity index (χ0) is 22.3. The Balaban J connectivity index is 1.74. The Hall–Kier alpha value is -3.37. The lowest BCUT2D eigenvalue weighted by molar-refractivity contribution is 0.0956. The molecular formula is C21H21N3O5S2. The van der Waals surface area contributed by atoms with Gasteiger partial charge >= 0.3 is 0 Å². The van der Waals surface area contributed by atoms with Crippen molar-refractivity contribution in [1.29, 1.82) is 0 Å². The molecule has 0 saturated carbocycles. The predicted molar refractivity (Wildman–Crippen MR) is 121 cm³/mol. The molecule has 3 aromatic rings. The molecule has 31 heavy (non-hydrogen) atoms. The quantitative estimate of drug-likeness (QED) is 0.375. The second kappa shape index (κ2) is 10.1. The van der Waals surface area contributed by atoms with E-state index < -0.39 is 15.9 Å². The standard InChI is InChI=1S/C21H21N3O5S2/c1-3-29-19-13-15(10-11-18(19)28-2)14-22-23-21(25)16-7-4-5-8-17(16)24-31(26,27)20-9-6-12-30-20/h4-14,24H,3H2,1-2H3,(H,23,25)/b22-14-. The van der Waals surface area contributed by atoms with Crippen molar-refractivity contribution in [1.82, 2.24) is 5.43 Å². The van der Waals surface area contributed by atoms with Crippen molar-refractivity contribution < 1.29 is 22.7 Å². The Morgan fingerprint density at radius 3 is 2.65 bits per heavy atom. The van der Waals surface area contributed by atoms with Crippen molar-refractivity contribution in [2.45, 2.75) is 11.1 Å². The Morgan fingerprint density at radius 2 is 1.94 bits per heavy atom. The number of amides is 1. The number of ether oxygens (including phenoxy) is 2. The fourth-order valence-electron chi connectivity index (χ4n) is 2.65. The second-order valence-electron chi connectivity index (χ2n) is 6.13. The number of nitrogens with one attached hydrogen (secondary N) is 2. The van der Waals surface area contributed by atoms with Gasteiger partial charge in [-0.25, -0.2) is 13.8 Å². The van der Waals surface area contributed by atoms with E-state index in [0.717, 1.165) is 11.3 Å². The van der Waals surface area contributed by atoms with Gasteiger partial charge in [-0.3, -0.25) is 9.52 Å². The molecule has 2 aromatic carbocycles. The predicted octanol–water partition coefficient (Wildman–Crippen LogP) is 3.72. The van der Waals surface area contributed by atoms with Gasteiger partial charge in [-0.1, -0.05) is 18.2 Å². The van der Waals surface area contributed by atoms with E-state index in [4.69, 9.17) is 9.47 Å². The number of hydrazone groups is 1. The normalized spacial score (nSPS) is 11.3. The zero-order valence-corrected chi connectivity index (χ0v) is 18.5. The van der Waals surface area contributed by atoms with E-state index in [-0.39, 0.29) is 15.5 Å². The first-order valence-corrected chi connectivity index (χ1v) is 11.6. The minimum atomic E-state index is -3.78. The molecule has 8 nitrogen and oxygen atoms in total. The van der Waals surface area contributed by atoms with E-state index in [1.807, 2.05) is 6.92 Å². The molecule has 10 heteroatoms. The van der Waals surface area contributed by atoms with Gasteiger partial charge in [-0.2, -0.15) is 5.10 Å². The van der Waals surface area contributed by atoms with Gasteiger partial charge in [-0.05, 0) is 54.3 Å². The number of carbonyl (C=O) groups excluding carboxylic acids is 1. The van der Waals surface area contributed by atoms with E-state index in [2.05, 4.69) is 15.2 Å². The van der Waals surface area contributed by atoms with Crippen LogP contribution in [0.4, 0.5) is 5.69 Å². The van der Waals surface area contributed by atoms with E-state index >= 15 is 0 Å². The molecule has 1 heterocycles. The summed E-state index contributed by atoms with van der Waals surface area (Å²) in [4.78, 5) is 12.6. The molecular weight excluding hydrogens is 438 g/mol. The highest BCUT2D eigenvalue weighted by atomic mass is 32.2. The molecule has 3 rings (SSSR count). The van der Waals surface area contributed by atoms with Crippen LogP contribution in [0.25, 0.3) is 0 Å². The number of methoxy groups -OCH3 is 1. The van der Waals surface area contributed by atoms with Crippen LogP contribution in [0.3, 0.4) is 0 Å². The number of rotatable bonds is 9. The summed E-state index contributed by atoms with van der Waals surface area (Å²) >= 11 is 1.09. The lowest BCUT2D eigenvalue weighted by Gasteiger charge is -2.11. The van der Waals surface area contributed by atoms with Crippen molar-refractivity contribution in [3.63, 3.8) is 0 Å². The molecule has 162 valence electrons. The first kappa shape index (κ1) is 22.3. The molecule has 0 aliphatic heterocycles. The fraction of sp³-hybridized carbons (Fsp3) is 0.143. The molecule has 0 bridgehead atoms. The maximum atomic E-state index is 12.6. The van der Waals surface area contributed by atoms with E-state index in [0.29, 0.717) is 23.7 Å². The van der Waals surface area contributed by atoms with Crippen LogP contribution >= 0.6 is 11.3 Å². The van der Waals surface area contributed by atoms with Gasteiger partial charge in [0.05, 0.1) is 31.2 Å². The molecule has 0 atom stereocenters. The van der Waals surface area contributed by atoms with Gasteiger partial charge in [0.1, 0.15) is 4.21 Å². The van der Waals surface area contributed by atoms with Crippen LogP contribution in [0.2, 0.25) is 0 Å². The summed E-state index contributed by atoms with van der Waals surface area (Å²) in [6.07, 6.45) is 1.46. The lowest BCUT2D eigenvalue weighted by Crippen LogP contribution is -2.21. The number of hydrogen-bond acceptors (Lipinski definition) is 7. The van der Waals surface area contributed by atoms with Gasteiger partial charge in [0, 0.05) is 0 Å². The highest BCUT2D eigenvalue weighted by molar-refractivity contribution is 7.94. The van der Waals surface area contributed by atoms with Gasteiger partial charge in [0.15, 0.2) is 11.5 Å². The number of nitrogens with zero attached hydrogens (tertiary/aromatic N) is 1. The van der Waals surface area contributed by atoms with Crippen molar-refractivity contribution in [2.75, 3.05) is 18.4 Å². The van der Waals surface area contributed by atoms with Crippen LogP contribution in [0.1, 0.15) is 22.8 Å². The fourth-order valence-corrected chi connectivity index (χ4v) is 4.72. The summed E-state index contributed by atoms with van der Waals surface area (Å²) in [6, 6.07) is 14.7. The highest BCUT2D eigenvalue weighted by Crippen LogP contribution is 2.27. The molecule has 0 radical (unpaired) electrons. The summed E-state index contributed by atoms with van der Waals surface area (Å²) in [5, 5.41) is 5.63. The van der Waals surface area contributed by atoms with Crippen LogP contribution in [0, 0.1) is 0 Å². The monoisotopic (exact) mass is 459 g/mol. The van der Waals surface area contributed by atoms with E-state index in [1.54, 1.807) is 48.9 Å². The summed E-state index contributed by atoms with van der Waals surface area (Å²) < 4.78 is 38.3. The number of carbonyl (C=O) groups is 1. The number of hydrogen-bond donors (Lipinski definition) is 2. The Morgan fingerprint density at radius 1 is 1.13 bits per heavy atom. The van der Waals surface area contributed by atoms with E-state index in [1.165, 1.54) is 24.4 Å². The summed E-state index contributed by atoms with van der Waals surface area (Å²) in [7, 11) is -2.23. The lowest BCUT2D eigenvalue weighted by atomic mass is 10.2. The minimum absolute atomic E-state index is 0.143. The highest BCUT2D eigenvalue weighted by Gasteiger charge is 2.19. The average Bonchev–Trinajstić information content (AvgIpc) is 3.30. The Bertz CT molecular complexity index is 1180. The Labute approximate surface area is 184 Å². The summed E-state index contributed by atoms with van der Waals surface area (Å²) in [5.74, 6) is 0.600. The van der Waals surface area contributed by atoms with Crippen LogP contribution in [0.15, 0.2) is 69.3 Å². The number of benzene rings is 2. The second-order valence-corrected chi connectivity index (χ2v) is 8.98. The molecule has 1 amide bonds. The van der Waals surface area contributed by atoms with Gasteiger partial charge in [0.2, 0.25) is 0 Å². The minimum Gasteiger partial charge on any atom is -0.493 e. The largest absolute Gasteiger partial charge is 0.493 e. The first-order valence-electron chi connectivity index (χ1n) is 9.24. The smallest absolute Gasteiger partial charge is 0.273 e. The molecule has 0 unspecified atom stereocenters. The van der Waals surface area contributed by atoms with Crippen LogP contribution in [-0.4, -0.2) is 34.3 Å². The summed E-state index contributed by atoms with van der Waals surface area (Å²) in [5.41, 5.74) is 3.41. The number of para-hydroxylation sites is 1. The molecule has 0 aliphatic carbocycles.